The van der Waals surface area contributed by atoms with Crippen LogP contribution in [0.5, 0.6) is 0 Å². The fourth-order valence-electron chi connectivity index (χ4n) is 3.85. The molecule has 1 fully saturated rings. The highest BCUT2D eigenvalue weighted by Gasteiger charge is 2.16. The Bertz CT molecular complexity index is 857. The maximum atomic E-state index is 2.50. The Hall–Kier alpha value is -2.23. The summed E-state index contributed by atoms with van der Waals surface area (Å²) in [6.45, 7) is 2.30. The zero-order chi connectivity index (χ0) is 19.3. The van der Waals surface area contributed by atoms with Gasteiger partial charge in [-0.05, 0) is 46.6 Å². The quantitative estimate of drug-likeness (QED) is 0.853. The second kappa shape index (κ2) is 8.85. The van der Waals surface area contributed by atoms with Crippen molar-refractivity contribution in [2.75, 3.05) is 43.6 Å². The Morgan fingerprint density at radius 3 is 2.07 bits per heavy atom. The molecule has 3 heteroatoms. The molecule has 0 amide bonds. The second-order valence-corrected chi connectivity index (χ2v) is 8.89. The normalized spacial score (nSPS) is 19.3. The van der Waals surface area contributed by atoms with Crippen molar-refractivity contribution in [2.45, 2.75) is 6.04 Å². The van der Waals surface area contributed by atoms with Gasteiger partial charge in [-0.3, -0.25) is 0 Å². The van der Waals surface area contributed by atoms with Crippen LogP contribution in [0.1, 0.15) is 11.1 Å². The first-order valence-electron chi connectivity index (χ1n) is 10.1. The lowest BCUT2D eigenvalue weighted by molar-refractivity contribution is -0.871. The van der Waals surface area contributed by atoms with E-state index in [0.29, 0.717) is 6.04 Å². The van der Waals surface area contributed by atoms with Crippen LogP contribution in [0.3, 0.4) is 0 Å². The largest absolute Gasteiger partial charge is 0.370 e. The van der Waals surface area contributed by atoms with Gasteiger partial charge in [0.15, 0.2) is 0 Å². The molecule has 0 saturated carbocycles. The summed E-state index contributed by atoms with van der Waals surface area (Å²) in [6, 6.07) is 20.4. The molecule has 0 radical (unpaired) electrons. The van der Waals surface area contributed by atoms with Crippen molar-refractivity contribution in [1.82, 2.24) is 0 Å². The average Bonchev–Trinajstić information content (AvgIpc) is 2.76. The van der Waals surface area contributed by atoms with Crippen molar-refractivity contribution in [3.63, 3.8) is 0 Å². The molecule has 0 unspecified atom stereocenters. The van der Waals surface area contributed by atoms with Crippen LogP contribution in [-0.2, 0) is 0 Å². The van der Waals surface area contributed by atoms with Crippen LogP contribution >= 0.6 is 11.8 Å². The molecule has 2 aliphatic rings. The number of hydrogen-bond acceptors (Lipinski definition) is 2. The molecule has 1 aliphatic heterocycles. The van der Waals surface area contributed by atoms with Gasteiger partial charge in [0.25, 0.3) is 0 Å². The Labute approximate surface area is 173 Å². The first-order valence-corrected chi connectivity index (χ1v) is 11.3. The number of nitrogens with zero attached hydrogens (tertiary/aromatic N) is 1. The van der Waals surface area contributed by atoms with Crippen LogP contribution < -0.4 is 9.80 Å². The summed E-state index contributed by atoms with van der Waals surface area (Å²) in [5, 5.41) is 0. The summed E-state index contributed by atoms with van der Waals surface area (Å²) in [4.78, 5) is 3.93. The number of quaternary nitrogens is 1. The van der Waals surface area contributed by atoms with E-state index >= 15 is 0 Å². The fraction of sp³-hybridized carbons (Fsp3) is 0.280. The maximum Gasteiger partial charge on any atom is 0.125 e. The smallest absolute Gasteiger partial charge is 0.125 e. The lowest BCUT2D eigenvalue weighted by atomic mass is 9.90. The lowest BCUT2D eigenvalue weighted by Crippen LogP contribution is -3.09. The van der Waals surface area contributed by atoms with Gasteiger partial charge in [-0.2, -0.15) is 11.8 Å². The van der Waals surface area contributed by atoms with Gasteiger partial charge in [0.2, 0.25) is 0 Å². The van der Waals surface area contributed by atoms with Crippen LogP contribution in [0.4, 0.5) is 5.69 Å². The molecule has 1 aliphatic carbocycles. The van der Waals surface area contributed by atoms with E-state index in [9.17, 15) is 0 Å². The molecule has 1 saturated heterocycles. The van der Waals surface area contributed by atoms with Crippen LogP contribution in [0.15, 0.2) is 84.5 Å². The molecule has 2 aromatic rings. The molecule has 2 nitrogen and oxygen atoms in total. The van der Waals surface area contributed by atoms with E-state index in [-0.39, 0.29) is 0 Å². The molecular formula is C25H29N2S+. The molecule has 4 rings (SSSR count). The van der Waals surface area contributed by atoms with Gasteiger partial charge in [0.1, 0.15) is 6.04 Å². The number of anilines is 1. The summed E-state index contributed by atoms with van der Waals surface area (Å²) < 4.78 is 0. The van der Waals surface area contributed by atoms with E-state index in [4.69, 9.17) is 0 Å². The summed E-state index contributed by atoms with van der Waals surface area (Å²) in [5.74, 6) is 2.46. The first kappa shape index (κ1) is 19.1. The van der Waals surface area contributed by atoms with Crippen LogP contribution in [0, 0.1) is 0 Å². The van der Waals surface area contributed by atoms with Crippen LogP contribution in [0.25, 0.3) is 5.57 Å². The SMILES string of the molecule is C[NH+](C)C1C=CC(=C(c2ccccc2)c2ccc(N3CCSCC3)cc2)C=C1. The Morgan fingerprint density at radius 2 is 1.46 bits per heavy atom. The van der Waals surface area contributed by atoms with Crippen molar-refractivity contribution in [2.24, 2.45) is 0 Å². The van der Waals surface area contributed by atoms with Crippen LogP contribution in [0.2, 0.25) is 0 Å². The van der Waals surface area contributed by atoms with E-state index in [1.54, 1.807) is 0 Å². The number of benzene rings is 2. The predicted molar refractivity (Wildman–Crippen MR) is 123 cm³/mol. The lowest BCUT2D eigenvalue weighted by Gasteiger charge is -2.28. The van der Waals surface area contributed by atoms with Crippen LogP contribution in [-0.4, -0.2) is 44.7 Å². The predicted octanol–water partition coefficient (Wildman–Crippen LogP) is 3.68. The highest BCUT2D eigenvalue weighted by molar-refractivity contribution is 7.99. The molecule has 28 heavy (non-hydrogen) atoms. The minimum atomic E-state index is 0.445. The molecule has 0 spiro atoms. The van der Waals surface area contributed by atoms with Crippen molar-refractivity contribution in [3.8, 4) is 0 Å². The van der Waals surface area contributed by atoms with Crippen molar-refractivity contribution < 1.29 is 4.90 Å². The topological polar surface area (TPSA) is 7.68 Å². The number of thioether (sulfide) groups is 1. The van der Waals surface area contributed by atoms with E-state index in [1.165, 1.54) is 44.4 Å². The summed E-state index contributed by atoms with van der Waals surface area (Å²) in [5.41, 5.74) is 6.48. The molecule has 144 valence electrons. The van der Waals surface area contributed by atoms with E-state index in [1.807, 2.05) is 0 Å². The zero-order valence-electron chi connectivity index (χ0n) is 16.8. The van der Waals surface area contributed by atoms with Crippen molar-refractivity contribution >= 4 is 23.0 Å². The maximum absolute atomic E-state index is 2.50. The van der Waals surface area contributed by atoms with E-state index < -0.39 is 0 Å². The number of likely N-dealkylation sites (N-methyl/N-ethyl adjacent to an activating group) is 1. The number of allylic oxidation sites excluding steroid dienone is 3. The first-order chi connectivity index (χ1) is 13.7. The third kappa shape index (κ3) is 4.26. The third-order valence-corrected chi connectivity index (χ3v) is 6.46. The molecule has 2 aromatic carbocycles. The molecule has 0 atom stereocenters. The monoisotopic (exact) mass is 389 g/mol. The fourth-order valence-corrected chi connectivity index (χ4v) is 4.75. The summed E-state index contributed by atoms with van der Waals surface area (Å²) >= 11 is 2.05. The van der Waals surface area contributed by atoms with Gasteiger partial charge < -0.3 is 9.80 Å². The Morgan fingerprint density at radius 1 is 0.857 bits per heavy atom. The molecule has 1 heterocycles. The highest BCUT2D eigenvalue weighted by atomic mass is 32.2. The number of nitrogens with one attached hydrogen (secondary N) is 1. The van der Waals surface area contributed by atoms with Crippen molar-refractivity contribution in [1.29, 1.82) is 0 Å². The summed E-state index contributed by atoms with van der Waals surface area (Å²) in [7, 11) is 4.40. The highest BCUT2D eigenvalue weighted by Crippen LogP contribution is 2.31. The van der Waals surface area contributed by atoms with Gasteiger partial charge in [-0.1, -0.05) is 54.6 Å². The zero-order valence-corrected chi connectivity index (χ0v) is 17.6. The molecule has 0 aromatic heterocycles. The molecule has 0 bridgehead atoms. The second-order valence-electron chi connectivity index (χ2n) is 7.66. The molecule has 1 N–H and O–H groups in total. The van der Waals surface area contributed by atoms with E-state index in [2.05, 4.69) is 110 Å². The van der Waals surface area contributed by atoms with Crippen molar-refractivity contribution in [3.05, 3.63) is 95.6 Å². The number of hydrogen-bond donors (Lipinski definition) is 1. The third-order valence-electron chi connectivity index (χ3n) is 5.52. The van der Waals surface area contributed by atoms with Gasteiger partial charge in [0, 0.05) is 30.3 Å². The Kier molecular flexibility index (Phi) is 6.04. The van der Waals surface area contributed by atoms with Gasteiger partial charge >= 0.3 is 0 Å². The Balaban J connectivity index is 1.70. The van der Waals surface area contributed by atoms with Gasteiger partial charge in [-0.25, -0.2) is 0 Å². The number of rotatable bonds is 4. The van der Waals surface area contributed by atoms with Gasteiger partial charge in [0.05, 0.1) is 14.1 Å². The molecular weight excluding hydrogens is 360 g/mol. The average molecular weight is 390 g/mol. The van der Waals surface area contributed by atoms with Gasteiger partial charge in [-0.15, -0.1) is 0 Å². The minimum Gasteiger partial charge on any atom is -0.370 e. The standard InChI is InChI=1S/C25H28N2S/c1-26(2)23-12-8-21(9-13-23)25(20-6-4-3-5-7-20)22-10-14-24(15-11-22)27-16-18-28-19-17-27/h3-15,23H,16-19H2,1-2H3/p+1. The summed E-state index contributed by atoms with van der Waals surface area (Å²) in [6.07, 6.45) is 9.20. The minimum absolute atomic E-state index is 0.445. The van der Waals surface area contributed by atoms with E-state index in [0.717, 1.165) is 13.1 Å².